The van der Waals surface area contributed by atoms with E-state index in [1.165, 1.54) is 0 Å². The van der Waals surface area contributed by atoms with Gasteiger partial charge in [-0.3, -0.25) is 9.59 Å². The fourth-order valence-electron chi connectivity index (χ4n) is 4.74. The summed E-state index contributed by atoms with van der Waals surface area (Å²) in [5.74, 6) is -0.432. The van der Waals surface area contributed by atoms with E-state index in [9.17, 15) is 9.59 Å². The first-order valence-corrected chi connectivity index (χ1v) is 11.2. The number of amides is 2. The summed E-state index contributed by atoms with van der Waals surface area (Å²) in [6, 6.07) is 25.2. The maximum atomic E-state index is 13.7. The van der Waals surface area contributed by atoms with Crippen molar-refractivity contribution in [3.63, 3.8) is 0 Å². The van der Waals surface area contributed by atoms with Crippen molar-refractivity contribution in [2.45, 2.75) is 24.4 Å². The van der Waals surface area contributed by atoms with E-state index in [2.05, 4.69) is 10.6 Å². The lowest BCUT2D eigenvalue weighted by Gasteiger charge is -2.46. The number of likely N-dealkylation sites (tertiary alicyclic amines) is 1. The van der Waals surface area contributed by atoms with Crippen molar-refractivity contribution in [2.24, 2.45) is 0 Å². The van der Waals surface area contributed by atoms with E-state index < -0.39 is 5.66 Å². The highest BCUT2D eigenvalue weighted by atomic mass is 35.5. The van der Waals surface area contributed by atoms with Gasteiger partial charge < -0.3 is 15.5 Å². The molecule has 5 nitrogen and oxygen atoms in total. The number of halogens is 1. The number of piperidine rings is 1. The fraction of sp³-hybridized carbons (Fsp3) is 0.231. The third-order valence-electron chi connectivity index (χ3n) is 6.41. The van der Waals surface area contributed by atoms with Crippen LogP contribution < -0.4 is 10.6 Å². The molecule has 0 bridgehead atoms. The maximum absolute atomic E-state index is 13.7. The molecule has 2 N–H and O–H groups in total. The standard InChI is InChI=1S/C26H24ClN3O2/c27-20-12-7-13-21-23(20)24(31)29-26(28-21)14-16-30(17-15-26)25(32)22(18-8-3-1-4-9-18)19-10-5-2-6-11-19/h1-13,22,28H,14-17H2,(H,29,31). The fourth-order valence-corrected chi connectivity index (χ4v) is 5.00. The van der Waals surface area contributed by atoms with Gasteiger partial charge in [0.25, 0.3) is 5.91 Å². The lowest BCUT2D eigenvalue weighted by atomic mass is 9.87. The Morgan fingerprint density at radius 1 is 0.844 bits per heavy atom. The van der Waals surface area contributed by atoms with Gasteiger partial charge in [0.1, 0.15) is 5.66 Å². The van der Waals surface area contributed by atoms with E-state index in [1.807, 2.05) is 77.7 Å². The molecule has 5 rings (SSSR count). The van der Waals surface area contributed by atoms with Crippen LogP contribution >= 0.6 is 11.6 Å². The lowest BCUT2D eigenvalue weighted by Crippen LogP contribution is -2.63. The average Bonchev–Trinajstić information content (AvgIpc) is 2.81. The average molecular weight is 446 g/mol. The molecule has 0 atom stereocenters. The molecule has 0 radical (unpaired) electrons. The molecule has 32 heavy (non-hydrogen) atoms. The Kier molecular flexibility index (Phi) is 5.35. The van der Waals surface area contributed by atoms with Crippen LogP contribution in [0.1, 0.15) is 40.2 Å². The van der Waals surface area contributed by atoms with Crippen LogP contribution in [0.2, 0.25) is 5.02 Å². The second-order valence-electron chi connectivity index (χ2n) is 8.40. The van der Waals surface area contributed by atoms with Crippen molar-refractivity contribution in [1.82, 2.24) is 10.2 Å². The van der Waals surface area contributed by atoms with Crippen LogP contribution in [-0.2, 0) is 4.79 Å². The molecular weight excluding hydrogens is 422 g/mol. The Bertz CT molecular complexity index is 1100. The molecule has 0 unspecified atom stereocenters. The largest absolute Gasteiger partial charge is 0.362 e. The zero-order valence-corrected chi connectivity index (χ0v) is 18.3. The van der Waals surface area contributed by atoms with E-state index in [0.29, 0.717) is 36.5 Å². The highest BCUT2D eigenvalue weighted by Crippen LogP contribution is 2.36. The molecule has 3 aromatic rings. The number of carbonyl (C=O) groups excluding carboxylic acids is 2. The number of fused-ring (bicyclic) bond motifs is 1. The Balaban J connectivity index is 1.36. The van der Waals surface area contributed by atoms with Crippen LogP contribution in [0.4, 0.5) is 5.69 Å². The lowest BCUT2D eigenvalue weighted by molar-refractivity contribution is -0.133. The normalized spacial score (nSPS) is 16.9. The van der Waals surface area contributed by atoms with E-state index in [-0.39, 0.29) is 17.7 Å². The van der Waals surface area contributed by atoms with Gasteiger partial charge >= 0.3 is 0 Å². The van der Waals surface area contributed by atoms with Crippen LogP contribution in [-0.4, -0.2) is 35.5 Å². The van der Waals surface area contributed by atoms with Gasteiger partial charge in [-0.05, 0) is 23.3 Å². The summed E-state index contributed by atoms with van der Waals surface area (Å²) in [5, 5.41) is 7.02. The number of nitrogens with zero attached hydrogens (tertiary/aromatic N) is 1. The first-order valence-electron chi connectivity index (χ1n) is 10.8. The van der Waals surface area contributed by atoms with Gasteiger partial charge in [-0.2, -0.15) is 0 Å². The minimum absolute atomic E-state index is 0.0860. The summed E-state index contributed by atoms with van der Waals surface area (Å²) >= 11 is 6.23. The van der Waals surface area contributed by atoms with Gasteiger partial charge in [0.05, 0.1) is 22.2 Å². The van der Waals surface area contributed by atoms with Crippen LogP contribution in [0.25, 0.3) is 0 Å². The molecule has 0 aliphatic carbocycles. The Labute approximate surface area is 192 Å². The molecule has 1 fully saturated rings. The van der Waals surface area contributed by atoms with E-state index in [1.54, 1.807) is 6.07 Å². The predicted octanol–water partition coefficient (Wildman–Crippen LogP) is 4.65. The number of hydrogen-bond acceptors (Lipinski definition) is 3. The third-order valence-corrected chi connectivity index (χ3v) is 6.72. The molecular formula is C26H24ClN3O2. The number of rotatable bonds is 3. The van der Waals surface area contributed by atoms with Gasteiger partial charge in [-0.15, -0.1) is 0 Å². The highest BCUT2D eigenvalue weighted by molar-refractivity contribution is 6.34. The first-order chi connectivity index (χ1) is 15.6. The minimum atomic E-state index is -0.569. The molecule has 2 heterocycles. The van der Waals surface area contributed by atoms with Crippen molar-refractivity contribution in [3.8, 4) is 0 Å². The zero-order chi connectivity index (χ0) is 22.1. The predicted molar refractivity (Wildman–Crippen MR) is 126 cm³/mol. The maximum Gasteiger partial charge on any atom is 0.256 e. The summed E-state index contributed by atoms with van der Waals surface area (Å²) in [5.41, 5.74) is 2.62. The molecule has 3 aromatic carbocycles. The molecule has 0 saturated carbocycles. The number of nitrogens with one attached hydrogen (secondary N) is 2. The molecule has 6 heteroatoms. The second-order valence-corrected chi connectivity index (χ2v) is 8.81. The Morgan fingerprint density at radius 3 is 2.03 bits per heavy atom. The summed E-state index contributed by atoms with van der Waals surface area (Å²) in [7, 11) is 0. The quantitative estimate of drug-likeness (QED) is 0.617. The topological polar surface area (TPSA) is 61.4 Å². The zero-order valence-electron chi connectivity index (χ0n) is 17.6. The van der Waals surface area contributed by atoms with Crippen LogP contribution in [0.15, 0.2) is 78.9 Å². The van der Waals surface area contributed by atoms with Crippen molar-refractivity contribution in [3.05, 3.63) is 101 Å². The van der Waals surface area contributed by atoms with E-state index >= 15 is 0 Å². The molecule has 1 spiro atoms. The molecule has 2 amide bonds. The monoisotopic (exact) mass is 445 g/mol. The molecule has 1 saturated heterocycles. The summed E-state index contributed by atoms with van der Waals surface area (Å²) in [6.07, 6.45) is 1.24. The number of anilines is 1. The van der Waals surface area contributed by atoms with Crippen molar-refractivity contribution in [1.29, 1.82) is 0 Å². The smallest absolute Gasteiger partial charge is 0.256 e. The molecule has 162 valence electrons. The summed E-state index contributed by atoms with van der Waals surface area (Å²) in [6.45, 7) is 1.11. The third kappa shape index (κ3) is 3.73. The number of carbonyl (C=O) groups is 2. The second kappa shape index (κ2) is 8.32. The SMILES string of the molecule is O=C1NC2(CCN(C(=O)C(c3ccccc3)c3ccccc3)CC2)Nc2cccc(Cl)c21. The van der Waals surface area contributed by atoms with Crippen molar-refractivity contribution < 1.29 is 9.59 Å². The number of hydrogen-bond donors (Lipinski definition) is 2. The first kappa shape index (κ1) is 20.6. The van der Waals surface area contributed by atoms with Gasteiger partial charge in [0.2, 0.25) is 5.91 Å². The van der Waals surface area contributed by atoms with Gasteiger partial charge in [-0.25, -0.2) is 0 Å². The Morgan fingerprint density at radius 2 is 1.44 bits per heavy atom. The van der Waals surface area contributed by atoms with E-state index in [4.69, 9.17) is 11.6 Å². The summed E-state index contributed by atoms with van der Waals surface area (Å²) in [4.78, 5) is 28.3. The van der Waals surface area contributed by atoms with Gasteiger partial charge in [0, 0.05) is 25.9 Å². The molecule has 2 aliphatic heterocycles. The number of benzene rings is 3. The van der Waals surface area contributed by atoms with Crippen LogP contribution in [0.3, 0.4) is 0 Å². The highest BCUT2D eigenvalue weighted by Gasteiger charge is 2.42. The van der Waals surface area contributed by atoms with Crippen molar-refractivity contribution in [2.75, 3.05) is 18.4 Å². The van der Waals surface area contributed by atoms with E-state index in [0.717, 1.165) is 16.8 Å². The molecule has 2 aliphatic rings. The minimum Gasteiger partial charge on any atom is -0.362 e. The van der Waals surface area contributed by atoms with Crippen LogP contribution in [0.5, 0.6) is 0 Å². The Hall–Kier alpha value is -3.31. The van der Waals surface area contributed by atoms with Crippen molar-refractivity contribution >= 4 is 29.1 Å². The summed E-state index contributed by atoms with van der Waals surface area (Å²) < 4.78 is 0. The molecule has 0 aromatic heterocycles. The van der Waals surface area contributed by atoms with Gasteiger partial charge in [-0.1, -0.05) is 78.3 Å². The van der Waals surface area contributed by atoms with Crippen LogP contribution in [0, 0.1) is 0 Å². The van der Waals surface area contributed by atoms with Gasteiger partial charge in [0.15, 0.2) is 0 Å².